The number of fused-ring (bicyclic) bond motifs is 3. The van der Waals surface area contributed by atoms with E-state index in [-0.39, 0.29) is 18.2 Å². The van der Waals surface area contributed by atoms with Crippen molar-refractivity contribution >= 4 is 29.1 Å². The molecule has 0 saturated carbocycles. The molecule has 1 aromatic heterocycles. The second-order valence-electron chi connectivity index (χ2n) is 6.74. The number of carbonyl (C=O) groups excluding carboxylic acids is 2. The summed E-state index contributed by atoms with van der Waals surface area (Å²) < 4.78 is 0. The smallest absolute Gasteiger partial charge is 0.253 e. The SMILES string of the molecule is CN(C)C(=O)c1ccc(Nc2ncc3c(n2)-c2ccccc2NC(=O)C3)cc1. The molecule has 2 N–H and O–H groups in total. The standard InChI is InChI=1S/C21H19N5O2/c1-26(2)20(28)13-7-9-15(10-8-13)23-21-22-12-14-11-18(27)24-17-6-4-3-5-16(17)19(14)25-21/h3-10,12H,11H2,1-2H3,(H,24,27)(H,22,23,25). The van der Waals surface area contributed by atoms with E-state index < -0.39 is 0 Å². The molecule has 7 heteroatoms. The van der Waals surface area contributed by atoms with Crippen LogP contribution < -0.4 is 10.6 Å². The molecule has 0 spiro atoms. The van der Waals surface area contributed by atoms with Crippen LogP contribution in [0, 0.1) is 0 Å². The first kappa shape index (κ1) is 17.7. The van der Waals surface area contributed by atoms with Gasteiger partial charge in [0.1, 0.15) is 0 Å². The van der Waals surface area contributed by atoms with Gasteiger partial charge in [0.2, 0.25) is 11.9 Å². The Hall–Kier alpha value is -3.74. The zero-order valence-electron chi connectivity index (χ0n) is 15.6. The molecule has 4 rings (SSSR count). The van der Waals surface area contributed by atoms with Gasteiger partial charge in [-0.1, -0.05) is 18.2 Å². The van der Waals surface area contributed by atoms with E-state index >= 15 is 0 Å². The highest BCUT2D eigenvalue weighted by molar-refractivity contribution is 6.00. The Labute approximate surface area is 162 Å². The minimum Gasteiger partial charge on any atom is -0.345 e. The highest BCUT2D eigenvalue weighted by atomic mass is 16.2. The number of aromatic nitrogens is 2. The summed E-state index contributed by atoms with van der Waals surface area (Å²) in [4.78, 5) is 34.6. The van der Waals surface area contributed by atoms with Gasteiger partial charge in [-0.3, -0.25) is 9.59 Å². The summed E-state index contributed by atoms with van der Waals surface area (Å²) in [5.41, 5.74) is 4.48. The number of para-hydroxylation sites is 1. The van der Waals surface area contributed by atoms with E-state index in [1.165, 1.54) is 4.90 Å². The average molecular weight is 373 g/mol. The molecule has 0 unspecified atom stereocenters. The monoisotopic (exact) mass is 373 g/mol. The molecule has 0 aliphatic carbocycles. The molecule has 1 aliphatic rings. The zero-order chi connectivity index (χ0) is 19.7. The van der Waals surface area contributed by atoms with Crippen LogP contribution in [0.3, 0.4) is 0 Å². The van der Waals surface area contributed by atoms with Crippen molar-refractivity contribution in [2.75, 3.05) is 24.7 Å². The van der Waals surface area contributed by atoms with Crippen molar-refractivity contribution in [1.82, 2.24) is 14.9 Å². The Morgan fingerprint density at radius 1 is 1.11 bits per heavy atom. The van der Waals surface area contributed by atoms with E-state index in [0.29, 0.717) is 11.5 Å². The van der Waals surface area contributed by atoms with Crippen molar-refractivity contribution in [3.05, 3.63) is 65.9 Å². The first-order chi connectivity index (χ1) is 13.5. The van der Waals surface area contributed by atoms with Gasteiger partial charge in [0, 0.05) is 42.7 Å². The second kappa shape index (κ2) is 7.11. The van der Waals surface area contributed by atoms with Gasteiger partial charge in [0.05, 0.1) is 17.8 Å². The van der Waals surface area contributed by atoms with Gasteiger partial charge in [-0.25, -0.2) is 9.97 Å². The van der Waals surface area contributed by atoms with E-state index in [1.807, 2.05) is 36.4 Å². The number of amides is 2. The van der Waals surface area contributed by atoms with Gasteiger partial charge in [-0.15, -0.1) is 0 Å². The van der Waals surface area contributed by atoms with Gasteiger partial charge >= 0.3 is 0 Å². The van der Waals surface area contributed by atoms with E-state index in [4.69, 9.17) is 0 Å². The number of benzene rings is 2. The highest BCUT2D eigenvalue weighted by Gasteiger charge is 2.20. The molecule has 3 aromatic rings. The molecule has 28 heavy (non-hydrogen) atoms. The highest BCUT2D eigenvalue weighted by Crippen LogP contribution is 2.32. The molecule has 0 bridgehead atoms. The van der Waals surface area contributed by atoms with E-state index in [9.17, 15) is 9.59 Å². The normalized spacial score (nSPS) is 12.3. The van der Waals surface area contributed by atoms with Crippen molar-refractivity contribution in [1.29, 1.82) is 0 Å². The molecule has 2 heterocycles. The van der Waals surface area contributed by atoms with Gasteiger partial charge < -0.3 is 15.5 Å². The number of rotatable bonds is 3. The van der Waals surface area contributed by atoms with Crippen LogP contribution in [-0.4, -0.2) is 40.8 Å². The van der Waals surface area contributed by atoms with Crippen molar-refractivity contribution in [2.24, 2.45) is 0 Å². The van der Waals surface area contributed by atoms with Crippen LogP contribution >= 0.6 is 0 Å². The molecule has 7 nitrogen and oxygen atoms in total. The number of hydrogen-bond acceptors (Lipinski definition) is 5. The van der Waals surface area contributed by atoms with Crippen LogP contribution in [-0.2, 0) is 11.2 Å². The topological polar surface area (TPSA) is 87.2 Å². The molecule has 0 fully saturated rings. The van der Waals surface area contributed by atoms with E-state index in [2.05, 4.69) is 20.6 Å². The Kier molecular flexibility index (Phi) is 4.49. The largest absolute Gasteiger partial charge is 0.345 e. The third-order valence-electron chi connectivity index (χ3n) is 4.47. The second-order valence-corrected chi connectivity index (χ2v) is 6.74. The Morgan fingerprint density at radius 3 is 2.61 bits per heavy atom. The summed E-state index contributed by atoms with van der Waals surface area (Å²) in [5.74, 6) is 0.285. The maximum atomic E-state index is 12.1. The third kappa shape index (κ3) is 3.42. The van der Waals surface area contributed by atoms with Crippen LogP contribution in [0.25, 0.3) is 11.3 Å². The summed E-state index contributed by atoms with van der Waals surface area (Å²) in [5, 5.41) is 6.06. The van der Waals surface area contributed by atoms with E-state index in [1.54, 1.807) is 32.4 Å². The number of anilines is 3. The average Bonchev–Trinajstić information content (AvgIpc) is 2.83. The lowest BCUT2D eigenvalue weighted by Crippen LogP contribution is -2.21. The molecule has 0 radical (unpaired) electrons. The molecule has 140 valence electrons. The van der Waals surface area contributed by atoms with Crippen LogP contribution in [0.5, 0.6) is 0 Å². The Bertz CT molecular complexity index is 1060. The van der Waals surface area contributed by atoms with Crippen LogP contribution in [0.4, 0.5) is 17.3 Å². The van der Waals surface area contributed by atoms with Gasteiger partial charge in [0.25, 0.3) is 5.91 Å². The molecule has 1 aliphatic heterocycles. The van der Waals surface area contributed by atoms with Crippen molar-refractivity contribution in [2.45, 2.75) is 6.42 Å². The fourth-order valence-corrected chi connectivity index (χ4v) is 3.08. The third-order valence-corrected chi connectivity index (χ3v) is 4.47. The fraction of sp³-hybridized carbons (Fsp3) is 0.143. The predicted molar refractivity (Wildman–Crippen MR) is 108 cm³/mol. The first-order valence-corrected chi connectivity index (χ1v) is 8.85. The minimum absolute atomic E-state index is 0.0541. The lowest BCUT2D eigenvalue weighted by molar-refractivity contribution is -0.115. The van der Waals surface area contributed by atoms with Crippen LogP contribution in [0.1, 0.15) is 15.9 Å². The lowest BCUT2D eigenvalue weighted by atomic mass is 10.1. The molecule has 0 saturated heterocycles. The lowest BCUT2D eigenvalue weighted by Gasteiger charge is -2.12. The quantitative estimate of drug-likeness (QED) is 0.737. The maximum absolute atomic E-state index is 12.1. The summed E-state index contributed by atoms with van der Waals surface area (Å²) >= 11 is 0. The van der Waals surface area contributed by atoms with Crippen molar-refractivity contribution in [3.8, 4) is 11.3 Å². The van der Waals surface area contributed by atoms with E-state index in [0.717, 1.165) is 28.2 Å². The van der Waals surface area contributed by atoms with Gasteiger partial charge in [-0.05, 0) is 30.3 Å². The van der Waals surface area contributed by atoms with Gasteiger partial charge in [0.15, 0.2) is 0 Å². The summed E-state index contributed by atoms with van der Waals surface area (Å²) in [6.07, 6.45) is 1.90. The van der Waals surface area contributed by atoms with Gasteiger partial charge in [-0.2, -0.15) is 0 Å². The molecule has 2 amide bonds. The summed E-state index contributed by atoms with van der Waals surface area (Å²) in [6.45, 7) is 0. The Balaban J connectivity index is 1.64. The summed E-state index contributed by atoms with van der Waals surface area (Å²) in [7, 11) is 3.44. The predicted octanol–water partition coefficient (Wildman–Crippen LogP) is 3.08. The molecular weight excluding hydrogens is 354 g/mol. The fourth-order valence-electron chi connectivity index (χ4n) is 3.08. The maximum Gasteiger partial charge on any atom is 0.253 e. The molecular formula is C21H19N5O2. The number of carbonyl (C=O) groups is 2. The first-order valence-electron chi connectivity index (χ1n) is 8.85. The van der Waals surface area contributed by atoms with Crippen LogP contribution in [0.15, 0.2) is 54.7 Å². The van der Waals surface area contributed by atoms with Crippen molar-refractivity contribution in [3.63, 3.8) is 0 Å². The number of nitrogens with one attached hydrogen (secondary N) is 2. The summed E-state index contributed by atoms with van der Waals surface area (Å²) in [6, 6.07) is 14.7. The van der Waals surface area contributed by atoms with Crippen LogP contribution in [0.2, 0.25) is 0 Å². The number of nitrogens with zero attached hydrogens (tertiary/aromatic N) is 3. The minimum atomic E-state index is -0.0864. The Morgan fingerprint density at radius 2 is 1.86 bits per heavy atom. The molecule has 2 aromatic carbocycles. The zero-order valence-corrected chi connectivity index (χ0v) is 15.6. The number of hydrogen-bond donors (Lipinski definition) is 2. The molecule has 0 atom stereocenters. The van der Waals surface area contributed by atoms with Crippen molar-refractivity contribution < 1.29 is 9.59 Å².